The number of pyridine rings is 1. The minimum atomic E-state index is -0.519. The average molecular weight is 506 g/mol. The highest BCUT2D eigenvalue weighted by molar-refractivity contribution is 6.31. The smallest absolute Gasteiger partial charge is 0.345 e. The van der Waals surface area contributed by atoms with Crippen molar-refractivity contribution in [3.63, 3.8) is 0 Å². The van der Waals surface area contributed by atoms with Crippen LogP contribution in [0.3, 0.4) is 0 Å². The summed E-state index contributed by atoms with van der Waals surface area (Å²) in [4.78, 5) is 31.6. The van der Waals surface area contributed by atoms with Gasteiger partial charge in [0.2, 0.25) is 5.43 Å². The molecule has 178 valence electrons. The number of para-hydroxylation sites is 2. The molecule has 0 spiro atoms. The molecular formula is C30H16ClNO5. The largest absolute Gasteiger partial charge is 0.488 e. The normalized spacial score (nSPS) is 12.2. The highest BCUT2D eigenvalue weighted by Crippen LogP contribution is 2.41. The van der Waals surface area contributed by atoms with E-state index in [1.807, 2.05) is 42.5 Å². The monoisotopic (exact) mass is 505 g/mol. The third-order valence-corrected chi connectivity index (χ3v) is 6.82. The molecule has 6 aromatic rings. The summed E-state index contributed by atoms with van der Waals surface area (Å²) in [6.45, 7) is 0.203. The molecule has 37 heavy (non-hydrogen) atoms. The Morgan fingerprint density at radius 1 is 0.784 bits per heavy atom. The van der Waals surface area contributed by atoms with Crippen LogP contribution in [0.5, 0.6) is 5.75 Å². The molecule has 7 heteroatoms. The molecule has 7 rings (SSSR count). The Balaban J connectivity index is 1.56. The second-order valence-corrected chi connectivity index (χ2v) is 9.21. The number of hydrogen-bond donors (Lipinski definition) is 0. The third kappa shape index (κ3) is 3.45. The zero-order valence-corrected chi connectivity index (χ0v) is 19.9. The van der Waals surface area contributed by atoms with Crippen molar-refractivity contribution in [1.82, 2.24) is 4.98 Å². The summed E-state index contributed by atoms with van der Waals surface area (Å²) < 4.78 is 17.4. The first-order valence-electron chi connectivity index (χ1n) is 11.6. The number of rotatable bonds is 2. The molecule has 0 saturated carbocycles. The fraction of sp³-hybridized carbons (Fsp3) is 0.0333. The topological polar surface area (TPSA) is 82.5 Å². The van der Waals surface area contributed by atoms with Crippen molar-refractivity contribution in [1.29, 1.82) is 0 Å². The molecule has 1 aliphatic rings. The molecule has 3 aromatic carbocycles. The highest BCUT2D eigenvalue weighted by Gasteiger charge is 2.26. The zero-order valence-electron chi connectivity index (χ0n) is 19.2. The fourth-order valence-corrected chi connectivity index (χ4v) is 4.96. The van der Waals surface area contributed by atoms with Gasteiger partial charge in [0.15, 0.2) is 0 Å². The maximum Gasteiger partial charge on any atom is 0.345 e. The van der Waals surface area contributed by atoms with E-state index in [0.717, 1.165) is 16.5 Å². The molecule has 0 radical (unpaired) electrons. The van der Waals surface area contributed by atoms with Gasteiger partial charge in [-0.2, -0.15) is 0 Å². The lowest BCUT2D eigenvalue weighted by molar-refractivity contribution is 0.302. The lowest BCUT2D eigenvalue weighted by atomic mass is 9.92. The molecule has 0 bridgehead atoms. The zero-order chi connectivity index (χ0) is 25.1. The SMILES string of the molecule is O=c1oc2ccccc2cc1-c1cc(-c2coc3ccc(Cl)cc3c2=O)c2c(n1)-c1ccccc1OC2. The molecule has 0 atom stereocenters. The van der Waals surface area contributed by atoms with Gasteiger partial charge in [-0.3, -0.25) is 4.79 Å². The predicted octanol–water partition coefficient (Wildman–Crippen LogP) is 6.84. The minimum absolute atomic E-state index is 0.203. The van der Waals surface area contributed by atoms with Crippen LogP contribution in [0.25, 0.3) is 55.6 Å². The quantitative estimate of drug-likeness (QED) is 0.239. The van der Waals surface area contributed by atoms with Gasteiger partial charge >= 0.3 is 5.63 Å². The Labute approximate surface area is 214 Å². The summed E-state index contributed by atoms with van der Waals surface area (Å²) in [7, 11) is 0. The van der Waals surface area contributed by atoms with Crippen molar-refractivity contribution in [2.24, 2.45) is 0 Å². The second-order valence-electron chi connectivity index (χ2n) is 8.77. The standard InChI is InChI=1S/C30H16ClNO5/c31-17-9-10-27-21(12-17)29(33)23(15-36-27)19-13-24(20-11-16-5-1-3-7-25(16)37-30(20)34)32-28-18-6-2-4-8-26(18)35-14-22(19)28/h1-13,15H,14H2. The molecule has 0 fully saturated rings. The number of hydrogen-bond acceptors (Lipinski definition) is 6. The highest BCUT2D eigenvalue weighted by atomic mass is 35.5. The van der Waals surface area contributed by atoms with E-state index in [1.54, 1.807) is 36.4 Å². The Kier molecular flexibility index (Phi) is 4.77. The van der Waals surface area contributed by atoms with Crippen LogP contribution in [0.1, 0.15) is 5.56 Å². The van der Waals surface area contributed by atoms with E-state index in [0.29, 0.717) is 55.4 Å². The summed E-state index contributed by atoms with van der Waals surface area (Å²) in [5, 5.41) is 1.56. The molecule has 0 amide bonds. The van der Waals surface area contributed by atoms with E-state index in [-0.39, 0.29) is 12.0 Å². The van der Waals surface area contributed by atoms with E-state index < -0.39 is 5.63 Å². The van der Waals surface area contributed by atoms with Gasteiger partial charge < -0.3 is 13.6 Å². The first-order valence-corrected chi connectivity index (χ1v) is 12.0. The van der Waals surface area contributed by atoms with Gasteiger partial charge in [-0.05, 0) is 54.1 Å². The van der Waals surface area contributed by atoms with Crippen molar-refractivity contribution in [2.75, 3.05) is 0 Å². The molecule has 0 aliphatic carbocycles. The summed E-state index contributed by atoms with van der Waals surface area (Å²) >= 11 is 6.18. The van der Waals surface area contributed by atoms with Crippen molar-refractivity contribution >= 4 is 33.5 Å². The lowest BCUT2D eigenvalue weighted by Crippen LogP contribution is -2.14. The Morgan fingerprint density at radius 2 is 1.62 bits per heavy atom. The molecule has 0 saturated heterocycles. The number of ether oxygens (including phenoxy) is 1. The van der Waals surface area contributed by atoms with Crippen LogP contribution in [0, 0.1) is 0 Å². The molecule has 6 nitrogen and oxygen atoms in total. The molecule has 4 heterocycles. The first-order chi connectivity index (χ1) is 18.1. The third-order valence-electron chi connectivity index (χ3n) is 6.58. The molecular weight excluding hydrogens is 490 g/mol. The van der Waals surface area contributed by atoms with Crippen LogP contribution < -0.4 is 15.8 Å². The Morgan fingerprint density at radius 3 is 2.54 bits per heavy atom. The number of halogens is 1. The van der Waals surface area contributed by atoms with Crippen LogP contribution in [-0.2, 0) is 6.61 Å². The van der Waals surface area contributed by atoms with E-state index >= 15 is 0 Å². The van der Waals surface area contributed by atoms with Gasteiger partial charge in [-0.1, -0.05) is 41.9 Å². The van der Waals surface area contributed by atoms with E-state index in [2.05, 4.69) is 0 Å². The van der Waals surface area contributed by atoms with Crippen molar-refractivity contribution in [3.8, 4) is 39.4 Å². The van der Waals surface area contributed by atoms with Gasteiger partial charge in [-0.15, -0.1) is 0 Å². The van der Waals surface area contributed by atoms with Crippen LogP contribution in [0.4, 0.5) is 0 Å². The maximum atomic E-state index is 13.6. The minimum Gasteiger partial charge on any atom is -0.488 e. The van der Waals surface area contributed by atoms with Crippen molar-refractivity contribution < 1.29 is 13.6 Å². The summed E-state index contributed by atoms with van der Waals surface area (Å²) in [5.74, 6) is 0.675. The number of nitrogens with zero attached hydrogens (tertiary/aromatic N) is 1. The first kappa shape index (κ1) is 21.6. The second kappa shape index (κ2) is 8.18. The van der Waals surface area contributed by atoms with Crippen LogP contribution in [-0.4, -0.2) is 4.98 Å². The number of benzene rings is 3. The predicted molar refractivity (Wildman–Crippen MR) is 142 cm³/mol. The van der Waals surface area contributed by atoms with Crippen molar-refractivity contribution in [3.05, 3.63) is 116 Å². The van der Waals surface area contributed by atoms with Crippen LogP contribution >= 0.6 is 11.6 Å². The molecule has 1 aliphatic heterocycles. The van der Waals surface area contributed by atoms with Crippen LogP contribution in [0.15, 0.2) is 104 Å². The van der Waals surface area contributed by atoms with Gasteiger partial charge in [-0.25, -0.2) is 9.78 Å². The maximum absolute atomic E-state index is 13.6. The summed E-state index contributed by atoms with van der Waals surface area (Å²) in [6, 6.07) is 23.2. The lowest BCUT2D eigenvalue weighted by Gasteiger charge is -2.23. The summed E-state index contributed by atoms with van der Waals surface area (Å²) in [5.41, 5.74) is 3.84. The van der Waals surface area contributed by atoms with Gasteiger partial charge in [0.05, 0.1) is 27.9 Å². The fourth-order valence-electron chi connectivity index (χ4n) is 4.79. The van der Waals surface area contributed by atoms with Crippen LogP contribution in [0.2, 0.25) is 5.02 Å². The van der Waals surface area contributed by atoms with E-state index in [1.165, 1.54) is 6.26 Å². The molecule has 0 N–H and O–H groups in total. The molecule has 3 aromatic heterocycles. The Hall–Kier alpha value is -4.68. The van der Waals surface area contributed by atoms with E-state index in [4.69, 9.17) is 30.2 Å². The van der Waals surface area contributed by atoms with Gasteiger partial charge in [0.1, 0.15) is 29.8 Å². The Bertz CT molecular complexity index is 2010. The molecule has 0 unspecified atom stereocenters. The number of fused-ring (bicyclic) bond motifs is 5. The summed E-state index contributed by atoms with van der Waals surface area (Å²) in [6.07, 6.45) is 1.43. The van der Waals surface area contributed by atoms with Gasteiger partial charge in [0.25, 0.3) is 0 Å². The van der Waals surface area contributed by atoms with E-state index in [9.17, 15) is 9.59 Å². The van der Waals surface area contributed by atoms with Crippen molar-refractivity contribution in [2.45, 2.75) is 6.61 Å². The number of aromatic nitrogens is 1. The average Bonchev–Trinajstić information content (AvgIpc) is 2.92. The van der Waals surface area contributed by atoms with Gasteiger partial charge in [0, 0.05) is 21.5 Å².